The highest BCUT2D eigenvalue weighted by Gasteiger charge is 2.33. The molecule has 2 heteroatoms. The quantitative estimate of drug-likeness (QED) is 0.444. The highest BCUT2D eigenvalue weighted by atomic mass is 16.3. The van der Waals surface area contributed by atoms with Gasteiger partial charge in [-0.3, -0.25) is 0 Å². The second kappa shape index (κ2) is 3.06. The molecule has 1 N–H and O–H groups in total. The van der Waals surface area contributed by atoms with Gasteiger partial charge in [-0.25, -0.2) is 0 Å². The lowest BCUT2D eigenvalue weighted by atomic mass is 9.84. The molecule has 1 aliphatic carbocycles. The molecule has 1 aliphatic rings. The molecule has 0 aromatic heterocycles. The van der Waals surface area contributed by atoms with Crippen molar-refractivity contribution in [3.05, 3.63) is 0 Å². The van der Waals surface area contributed by atoms with Gasteiger partial charge < -0.3 is 5.11 Å². The highest BCUT2D eigenvalue weighted by molar-refractivity contribution is 5.02. The molecule has 1 unspecified atom stereocenters. The van der Waals surface area contributed by atoms with E-state index in [1.165, 1.54) is 0 Å². The number of hydrogen-bond donors (Lipinski definition) is 1. The van der Waals surface area contributed by atoms with Gasteiger partial charge in [0.15, 0.2) is 5.60 Å². The average Bonchev–Trinajstić information content (AvgIpc) is 2.13. The topological polar surface area (TPSA) is 44.0 Å². The molecule has 12 heavy (non-hydrogen) atoms. The molecule has 0 amide bonds. The first-order valence-electron chi connectivity index (χ1n) is 4.61. The molecule has 0 aliphatic heterocycles. The van der Waals surface area contributed by atoms with E-state index in [0.717, 1.165) is 19.3 Å². The summed E-state index contributed by atoms with van der Waals surface area (Å²) in [5.74, 6) is 0. The molecule has 2 nitrogen and oxygen atoms in total. The maximum absolute atomic E-state index is 9.73. The lowest BCUT2D eigenvalue weighted by molar-refractivity contribution is 0.0792. The molecular weight excluding hydrogens is 150 g/mol. The minimum Gasteiger partial charge on any atom is -0.375 e. The van der Waals surface area contributed by atoms with Gasteiger partial charge in [-0.15, -0.1) is 0 Å². The second-order valence-corrected chi connectivity index (χ2v) is 4.66. The van der Waals surface area contributed by atoms with Crippen molar-refractivity contribution in [3.8, 4) is 6.07 Å². The largest absolute Gasteiger partial charge is 0.375 e. The average molecular weight is 167 g/mol. The number of rotatable bonds is 0. The van der Waals surface area contributed by atoms with E-state index in [2.05, 4.69) is 13.8 Å². The van der Waals surface area contributed by atoms with E-state index >= 15 is 0 Å². The van der Waals surface area contributed by atoms with Crippen molar-refractivity contribution >= 4 is 0 Å². The van der Waals surface area contributed by atoms with Gasteiger partial charge in [0.05, 0.1) is 6.07 Å². The van der Waals surface area contributed by atoms with E-state index in [1.54, 1.807) is 0 Å². The highest BCUT2D eigenvalue weighted by Crippen LogP contribution is 2.37. The molecule has 1 atom stereocenters. The summed E-state index contributed by atoms with van der Waals surface area (Å²) < 4.78 is 0. The van der Waals surface area contributed by atoms with Crippen molar-refractivity contribution in [1.82, 2.24) is 0 Å². The van der Waals surface area contributed by atoms with E-state index in [9.17, 15) is 5.11 Å². The SMILES string of the molecule is CC1(C)CCCC(O)(C#N)CC1. The zero-order valence-corrected chi connectivity index (χ0v) is 7.93. The maximum Gasteiger partial charge on any atom is 0.151 e. The number of hydrogen-bond acceptors (Lipinski definition) is 2. The summed E-state index contributed by atoms with van der Waals surface area (Å²) in [7, 11) is 0. The van der Waals surface area contributed by atoms with E-state index < -0.39 is 5.60 Å². The predicted octanol–water partition coefficient (Wildman–Crippen LogP) is 2.23. The molecule has 0 saturated heterocycles. The fourth-order valence-corrected chi connectivity index (χ4v) is 1.77. The van der Waals surface area contributed by atoms with Crippen LogP contribution in [0.15, 0.2) is 0 Å². The summed E-state index contributed by atoms with van der Waals surface area (Å²) in [6.45, 7) is 4.41. The van der Waals surface area contributed by atoms with Crippen molar-refractivity contribution in [2.45, 2.75) is 51.6 Å². The van der Waals surface area contributed by atoms with Crippen LogP contribution < -0.4 is 0 Å². The fraction of sp³-hybridized carbons (Fsp3) is 0.900. The molecule has 1 fully saturated rings. The third-order valence-electron chi connectivity index (χ3n) is 2.87. The first-order chi connectivity index (χ1) is 5.47. The lowest BCUT2D eigenvalue weighted by Crippen LogP contribution is -2.25. The Balaban J connectivity index is 2.63. The van der Waals surface area contributed by atoms with Gasteiger partial charge in [0.25, 0.3) is 0 Å². The Hall–Kier alpha value is -0.550. The lowest BCUT2D eigenvalue weighted by Gasteiger charge is -2.22. The summed E-state index contributed by atoms with van der Waals surface area (Å²) in [5, 5.41) is 18.5. The molecule has 0 heterocycles. The van der Waals surface area contributed by atoms with Gasteiger partial charge in [0.2, 0.25) is 0 Å². The Morgan fingerprint density at radius 1 is 1.17 bits per heavy atom. The third kappa shape index (κ3) is 2.22. The van der Waals surface area contributed by atoms with Crippen molar-refractivity contribution < 1.29 is 5.11 Å². The van der Waals surface area contributed by atoms with E-state index in [1.807, 2.05) is 6.07 Å². The van der Waals surface area contributed by atoms with Crippen molar-refractivity contribution in [2.24, 2.45) is 5.41 Å². The molecule has 1 saturated carbocycles. The van der Waals surface area contributed by atoms with Crippen LogP contribution in [0, 0.1) is 16.7 Å². The smallest absolute Gasteiger partial charge is 0.151 e. The summed E-state index contributed by atoms with van der Waals surface area (Å²) in [6.07, 6.45) is 4.33. The molecule has 0 bridgehead atoms. The van der Waals surface area contributed by atoms with Gasteiger partial charge in [-0.1, -0.05) is 13.8 Å². The normalized spacial score (nSPS) is 35.2. The first kappa shape index (κ1) is 9.54. The number of aliphatic hydroxyl groups is 1. The molecule has 0 aromatic carbocycles. The minimum atomic E-state index is -1.03. The Bertz CT molecular complexity index is 204. The number of nitrogens with zero attached hydrogens (tertiary/aromatic N) is 1. The molecule has 1 rings (SSSR count). The van der Waals surface area contributed by atoms with Crippen LogP contribution in [-0.2, 0) is 0 Å². The van der Waals surface area contributed by atoms with Crippen LogP contribution in [0.4, 0.5) is 0 Å². The van der Waals surface area contributed by atoms with E-state index in [-0.39, 0.29) is 0 Å². The van der Waals surface area contributed by atoms with Crippen molar-refractivity contribution in [3.63, 3.8) is 0 Å². The zero-order chi connectivity index (χ0) is 9.24. The summed E-state index contributed by atoms with van der Waals surface area (Å²) >= 11 is 0. The Kier molecular flexibility index (Phi) is 2.44. The zero-order valence-electron chi connectivity index (χ0n) is 7.93. The fourth-order valence-electron chi connectivity index (χ4n) is 1.77. The van der Waals surface area contributed by atoms with Crippen LogP contribution >= 0.6 is 0 Å². The Labute approximate surface area is 74.2 Å². The van der Waals surface area contributed by atoms with Crippen LogP contribution in [0.25, 0.3) is 0 Å². The van der Waals surface area contributed by atoms with Crippen LogP contribution in [-0.4, -0.2) is 10.7 Å². The molecule has 0 aromatic rings. The minimum absolute atomic E-state index is 0.307. The molecule has 0 radical (unpaired) electrons. The second-order valence-electron chi connectivity index (χ2n) is 4.66. The van der Waals surface area contributed by atoms with Gasteiger partial charge in [0, 0.05) is 0 Å². The van der Waals surface area contributed by atoms with Gasteiger partial charge in [-0.2, -0.15) is 5.26 Å². The third-order valence-corrected chi connectivity index (χ3v) is 2.87. The summed E-state index contributed by atoms with van der Waals surface area (Å²) in [6, 6.07) is 2.01. The van der Waals surface area contributed by atoms with E-state index in [0.29, 0.717) is 18.3 Å². The monoisotopic (exact) mass is 167 g/mol. The van der Waals surface area contributed by atoms with Gasteiger partial charge in [0.1, 0.15) is 0 Å². The molecule has 68 valence electrons. The van der Waals surface area contributed by atoms with Crippen molar-refractivity contribution in [2.75, 3.05) is 0 Å². The van der Waals surface area contributed by atoms with Gasteiger partial charge in [-0.05, 0) is 37.5 Å². The van der Waals surface area contributed by atoms with Gasteiger partial charge >= 0.3 is 0 Å². The van der Waals surface area contributed by atoms with Crippen LogP contribution in [0.3, 0.4) is 0 Å². The predicted molar refractivity (Wildman–Crippen MR) is 47.4 cm³/mol. The van der Waals surface area contributed by atoms with Crippen LogP contribution in [0.5, 0.6) is 0 Å². The molecular formula is C10H17NO. The summed E-state index contributed by atoms with van der Waals surface area (Å²) in [5.41, 5.74) is -0.727. The Morgan fingerprint density at radius 3 is 2.42 bits per heavy atom. The van der Waals surface area contributed by atoms with Crippen LogP contribution in [0.2, 0.25) is 0 Å². The number of nitriles is 1. The standard InChI is InChI=1S/C10H17NO/c1-9(2)4-3-5-10(12,8-11)7-6-9/h12H,3-7H2,1-2H3. The maximum atomic E-state index is 9.73. The van der Waals surface area contributed by atoms with Crippen molar-refractivity contribution in [1.29, 1.82) is 5.26 Å². The van der Waals surface area contributed by atoms with E-state index in [4.69, 9.17) is 5.26 Å². The Morgan fingerprint density at radius 2 is 1.83 bits per heavy atom. The molecule has 0 spiro atoms. The van der Waals surface area contributed by atoms with Crippen LogP contribution in [0.1, 0.15) is 46.0 Å². The summed E-state index contributed by atoms with van der Waals surface area (Å²) in [4.78, 5) is 0. The first-order valence-corrected chi connectivity index (χ1v) is 4.61.